The summed E-state index contributed by atoms with van der Waals surface area (Å²) >= 11 is 0. The van der Waals surface area contributed by atoms with Crippen molar-refractivity contribution in [1.82, 2.24) is 0 Å². The maximum absolute atomic E-state index is 11.5. The summed E-state index contributed by atoms with van der Waals surface area (Å²) in [7, 11) is 1.65. The highest BCUT2D eigenvalue weighted by Gasteiger charge is 2.07. The fourth-order valence-electron chi connectivity index (χ4n) is 2.91. The van der Waals surface area contributed by atoms with E-state index in [4.69, 9.17) is 9.47 Å². The van der Waals surface area contributed by atoms with Crippen molar-refractivity contribution in [1.29, 1.82) is 0 Å². The Morgan fingerprint density at radius 2 is 1.53 bits per heavy atom. The summed E-state index contributed by atoms with van der Waals surface area (Å²) in [6, 6.07) is 21.9. The van der Waals surface area contributed by atoms with Gasteiger partial charge in [-0.2, -0.15) is 0 Å². The van der Waals surface area contributed by atoms with Crippen LogP contribution in [-0.2, 0) is 17.9 Å². The molecular formula is C25H28N2O3. The number of anilines is 2. The lowest BCUT2D eigenvalue weighted by Crippen LogP contribution is -2.09. The normalized spacial score (nSPS) is 10.4. The number of carbonyl (C=O) groups excluding carboxylic acids is 1. The maximum atomic E-state index is 11.5. The molecule has 3 rings (SSSR count). The molecule has 0 saturated carbocycles. The molecule has 5 heteroatoms. The number of methoxy groups -OCH3 is 1. The van der Waals surface area contributed by atoms with E-state index in [9.17, 15) is 4.79 Å². The molecule has 30 heavy (non-hydrogen) atoms. The SMILES string of the molecule is CCC(=O)Nc1ccc(NCc2ccc(OCc3ccc(C)cc3)c(OC)c2)cc1. The molecule has 0 fully saturated rings. The van der Waals surface area contributed by atoms with Gasteiger partial charge in [0.25, 0.3) is 0 Å². The molecule has 0 aliphatic heterocycles. The molecule has 0 atom stereocenters. The summed E-state index contributed by atoms with van der Waals surface area (Å²) in [5.41, 5.74) is 5.20. The fourth-order valence-corrected chi connectivity index (χ4v) is 2.91. The Morgan fingerprint density at radius 1 is 0.867 bits per heavy atom. The van der Waals surface area contributed by atoms with E-state index in [1.165, 1.54) is 5.56 Å². The van der Waals surface area contributed by atoms with Crippen LogP contribution in [0.1, 0.15) is 30.0 Å². The topological polar surface area (TPSA) is 59.6 Å². The number of nitrogens with one attached hydrogen (secondary N) is 2. The molecule has 0 spiro atoms. The van der Waals surface area contributed by atoms with Crippen molar-refractivity contribution in [2.45, 2.75) is 33.4 Å². The van der Waals surface area contributed by atoms with Gasteiger partial charge in [-0.15, -0.1) is 0 Å². The highest BCUT2D eigenvalue weighted by atomic mass is 16.5. The Morgan fingerprint density at radius 3 is 2.20 bits per heavy atom. The summed E-state index contributed by atoms with van der Waals surface area (Å²) in [5.74, 6) is 1.43. The molecule has 3 aromatic carbocycles. The molecule has 0 radical (unpaired) electrons. The summed E-state index contributed by atoms with van der Waals surface area (Å²) in [6.45, 7) is 5.04. The highest BCUT2D eigenvalue weighted by Crippen LogP contribution is 2.29. The molecule has 5 nitrogen and oxygen atoms in total. The number of rotatable bonds is 9. The van der Waals surface area contributed by atoms with E-state index in [1.54, 1.807) is 7.11 Å². The fraction of sp³-hybridized carbons (Fsp3) is 0.240. The van der Waals surface area contributed by atoms with Crippen LogP contribution in [0.3, 0.4) is 0 Å². The molecule has 1 amide bonds. The van der Waals surface area contributed by atoms with Gasteiger partial charge in [-0.25, -0.2) is 0 Å². The molecule has 3 aromatic rings. The van der Waals surface area contributed by atoms with Gasteiger partial charge in [-0.1, -0.05) is 42.8 Å². The molecule has 0 unspecified atom stereocenters. The number of aryl methyl sites for hydroxylation is 1. The van der Waals surface area contributed by atoms with Crippen molar-refractivity contribution in [3.8, 4) is 11.5 Å². The molecule has 0 aromatic heterocycles. The van der Waals surface area contributed by atoms with Crippen LogP contribution in [0, 0.1) is 6.92 Å². The van der Waals surface area contributed by atoms with Crippen molar-refractivity contribution >= 4 is 17.3 Å². The Kier molecular flexibility index (Phi) is 7.33. The van der Waals surface area contributed by atoms with Gasteiger partial charge in [-0.05, 0) is 54.4 Å². The first-order valence-electron chi connectivity index (χ1n) is 10.1. The number of hydrogen-bond acceptors (Lipinski definition) is 4. The monoisotopic (exact) mass is 404 g/mol. The average molecular weight is 405 g/mol. The van der Waals surface area contributed by atoms with Gasteiger partial charge >= 0.3 is 0 Å². The van der Waals surface area contributed by atoms with Crippen molar-refractivity contribution in [2.75, 3.05) is 17.7 Å². The van der Waals surface area contributed by atoms with E-state index in [1.807, 2.05) is 49.4 Å². The lowest BCUT2D eigenvalue weighted by Gasteiger charge is -2.13. The van der Waals surface area contributed by atoms with Gasteiger partial charge in [0.05, 0.1) is 7.11 Å². The Labute approximate surface area is 178 Å². The van der Waals surface area contributed by atoms with E-state index < -0.39 is 0 Å². The second-order valence-electron chi connectivity index (χ2n) is 7.09. The van der Waals surface area contributed by atoms with Crippen LogP contribution in [-0.4, -0.2) is 13.0 Å². The van der Waals surface area contributed by atoms with E-state index in [0.29, 0.717) is 25.3 Å². The lowest BCUT2D eigenvalue weighted by molar-refractivity contribution is -0.115. The maximum Gasteiger partial charge on any atom is 0.224 e. The number of carbonyl (C=O) groups is 1. The van der Waals surface area contributed by atoms with Crippen molar-refractivity contribution < 1.29 is 14.3 Å². The van der Waals surface area contributed by atoms with Crippen molar-refractivity contribution in [3.63, 3.8) is 0 Å². The van der Waals surface area contributed by atoms with Crippen LogP contribution in [0.5, 0.6) is 11.5 Å². The lowest BCUT2D eigenvalue weighted by atomic mass is 10.1. The number of ether oxygens (including phenoxy) is 2. The van der Waals surface area contributed by atoms with Gasteiger partial charge in [0.15, 0.2) is 11.5 Å². The minimum absolute atomic E-state index is 0.00694. The molecule has 0 saturated heterocycles. The zero-order valence-corrected chi connectivity index (χ0v) is 17.7. The third-order valence-electron chi connectivity index (χ3n) is 4.73. The molecule has 0 aliphatic rings. The smallest absolute Gasteiger partial charge is 0.224 e. The predicted octanol–water partition coefficient (Wildman–Crippen LogP) is 5.54. The van der Waals surface area contributed by atoms with E-state index in [0.717, 1.165) is 28.3 Å². The van der Waals surface area contributed by atoms with Gasteiger partial charge in [0, 0.05) is 24.3 Å². The summed E-state index contributed by atoms with van der Waals surface area (Å²) in [5, 5.41) is 6.22. The minimum atomic E-state index is 0.00694. The van der Waals surface area contributed by atoms with Crippen LogP contribution in [0.25, 0.3) is 0 Å². The predicted molar refractivity (Wildman–Crippen MR) is 121 cm³/mol. The second kappa shape index (κ2) is 10.3. The second-order valence-corrected chi connectivity index (χ2v) is 7.09. The van der Waals surface area contributed by atoms with Gasteiger partial charge in [0.1, 0.15) is 6.61 Å². The zero-order valence-electron chi connectivity index (χ0n) is 17.7. The van der Waals surface area contributed by atoms with Gasteiger partial charge < -0.3 is 20.1 Å². The highest BCUT2D eigenvalue weighted by molar-refractivity contribution is 5.90. The molecule has 2 N–H and O–H groups in total. The molecule has 0 bridgehead atoms. The van der Waals surface area contributed by atoms with Crippen LogP contribution in [0.4, 0.5) is 11.4 Å². The molecule has 0 aliphatic carbocycles. The minimum Gasteiger partial charge on any atom is -0.493 e. The van der Waals surface area contributed by atoms with E-state index in [2.05, 4.69) is 41.8 Å². The number of hydrogen-bond donors (Lipinski definition) is 2. The van der Waals surface area contributed by atoms with Crippen LogP contribution >= 0.6 is 0 Å². The van der Waals surface area contributed by atoms with Crippen LogP contribution < -0.4 is 20.1 Å². The molecular weight excluding hydrogens is 376 g/mol. The third kappa shape index (κ3) is 6.01. The molecule has 0 heterocycles. The Balaban J connectivity index is 1.57. The van der Waals surface area contributed by atoms with Gasteiger partial charge in [0.2, 0.25) is 5.91 Å². The van der Waals surface area contributed by atoms with Gasteiger partial charge in [-0.3, -0.25) is 4.79 Å². The Hall–Kier alpha value is -3.47. The third-order valence-corrected chi connectivity index (χ3v) is 4.73. The zero-order chi connectivity index (χ0) is 21.3. The number of benzene rings is 3. The van der Waals surface area contributed by atoms with E-state index >= 15 is 0 Å². The largest absolute Gasteiger partial charge is 0.493 e. The first-order valence-corrected chi connectivity index (χ1v) is 10.1. The summed E-state index contributed by atoms with van der Waals surface area (Å²) in [4.78, 5) is 11.5. The summed E-state index contributed by atoms with van der Waals surface area (Å²) in [6.07, 6.45) is 0.465. The quantitative estimate of drug-likeness (QED) is 0.491. The summed E-state index contributed by atoms with van der Waals surface area (Å²) < 4.78 is 11.5. The standard InChI is InChI=1S/C25H28N2O3/c1-4-25(28)27-22-12-10-21(11-13-22)26-16-20-9-14-23(24(15-20)29-3)30-17-19-7-5-18(2)6-8-19/h5-15,26H,4,16-17H2,1-3H3,(H,27,28). The van der Waals surface area contributed by atoms with E-state index in [-0.39, 0.29) is 5.91 Å². The van der Waals surface area contributed by atoms with Crippen molar-refractivity contribution in [3.05, 3.63) is 83.4 Å². The average Bonchev–Trinajstić information content (AvgIpc) is 2.78. The van der Waals surface area contributed by atoms with Crippen LogP contribution in [0.2, 0.25) is 0 Å². The molecule has 156 valence electrons. The van der Waals surface area contributed by atoms with Crippen molar-refractivity contribution in [2.24, 2.45) is 0 Å². The van der Waals surface area contributed by atoms with Crippen LogP contribution in [0.15, 0.2) is 66.7 Å². The first-order chi connectivity index (χ1) is 14.6. The first kappa shape index (κ1) is 21.2. The Bertz CT molecular complexity index is 967. The number of amides is 1.